The largest absolute Gasteiger partial charge is 0.396 e. The Morgan fingerprint density at radius 2 is 2.04 bits per heavy atom. The maximum absolute atomic E-state index is 9.33. The topological polar surface area (TPSA) is 98.8 Å². The summed E-state index contributed by atoms with van der Waals surface area (Å²) in [6.45, 7) is 2.25. The second kappa shape index (κ2) is 7.29. The monoisotopic (exact) mass is 352 g/mol. The van der Waals surface area contributed by atoms with Gasteiger partial charge in [0.05, 0.1) is 5.52 Å². The number of aliphatic hydroxyl groups is 1. The molecular formula is C19H24N6O. The molecule has 0 aromatic carbocycles. The van der Waals surface area contributed by atoms with E-state index in [0.29, 0.717) is 24.4 Å². The average molecular weight is 352 g/mol. The number of aryl methyl sites for hydroxylation is 1. The van der Waals surface area contributed by atoms with Crippen LogP contribution in [0.25, 0.3) is 10.9 Å². The molecule has 1 aliphatic carbocycles. The third-order valence-corrected chi connectivity index (χ3v) is 5.01. The van der Waals surface area contributed by atoms with E-state index in [0.717, 1.165) is 53.9 Å². The normalized spacial score (nSPS) is 20.2. The molecule has 26 heavy (non-hydrogen) atoms. The summed E-state index contributed by atoms with van der Waals surface area (Å²) in [6.07, 6.45) is 5.99. The number of aromatic amines is 1. The molecule has 1 fully saturated rings. The van der Waals surface area contributed by atoms with Gasteiger partial charge >= 0.3 is 0 Å². The number of aromatic nitrogens is 4. The van der Waals surface area contributed by atoms with Gasteiger partial charge in [-0.25, -0.2) is 4.98 Å². The van der Waals surface area contributed by atoms with Gasteiger partial charge in [-0.05, 0) is 50.7 Å². The number of anilines is 3. The van der Waals surface area contributed by atoms with E-state index >= 15 is 0 Å². The van der Waals surface area contributed by atoms with Crippen LogP contribution in [0.1, 0.15) is 31.4 Å². The van der Waals surface area contributed by atoms with E-state index in [1.807, 2.05) is 31.2 Å². The van der Waals surface area contributed by atoms with E-state index in [1.165, 1.54) is 0 Å². The molecule has 1 aliphatic rings. The fourth-order valence-electron chi connectivity index (χ4n) is 3.55. The fraction of sp³-hybridized carbons (Fsp3) is 0.421. The summed E-state index contributed by atoms with van der Waals surface area (Å²) < 4.78 is 0. The molecule has 3 heterocycles. The highest BCUT2D eigenvalue weighted by Gasteiger charge is 2.21. The summed E-state index contributed by atoms with van der Waals surface area (Å²) in [5, 5.41) is 24.3. The summed E-state index contributed by atoms with van der Waals surface area (Å²) in [7, 11) is 0. The van der Waals surface area contributed by atoms with Crippen LogP contribution in [0.4, 0.5) is 17.5 Å². The lowest BCUT2D eigenvalue weighted by Gasteiger charge is -2.28. The molecule has 0 aliphatic heterocycles. The molecule has 0 radical (unpaired) electrons. The Balaban J connectivity index is 1.60. The van der Waals surface area contributed by atoms with Crippen molar-refractivity contribution in [2.75, 3.05) is 17.2 Å². The van der Waals surface area contributed by atoms with Gasteiger partial charge in [0.1, 0.15) is 11.6 Å². The molecule has 7 heteroatoms. The van der Waals surface area contributed by atoms with Crippen molar-refractivity contribution in [2.45, 2.75) is 38.6 Å². The van der Waals surface area contributed by atoms with Crippen LogP contribution in [0, 0.1) is 12.8 Å². The Bertz CT molecular complexity index is 885. The van der Waals surface area contributed by atoms with Gasteiger partial charge in [0.15, 0.2) is 5.82 Å². The van der Waals surface area contributed by atoms with Crippen LogP contribution < -0.4 is 10.6 Å². The zero-order chi connectivity index (χ0) is 17.9. The third kappa shape index (κ3) is 3.62. The first-order valence-corrected chi connectivity index (χ1v) is 9.13. The van der Waals surface area contributed by atoms with Gasteiger partial charge in [0.2, 0.25) is 0 Å². The Kier molecular flexibility index (Phi) is 4.71. The first kappa shape index (κ1) is 16.8. The second-order valence-corrected chi connectivity index (χ2v) is 7.03. The molecule has 4 rings (SSSR count). The molecular weight excluding hydrogens is 328 g/mol. The number of H-pyrrole nitrogens is 1. The quantitative estimate of drug-likeness (QED) is 0.562. The zero-order valence-corrected chi connectivity index (χ0v) is 14.9. The van der Waals surface area contributed by atoms with E-state index < -0.39 is 0 Å². The van der Waals surface area contributed by atoms with E-state index in [9.17, 15) is 5.11 Å². The smallest absolute Gasteiger partial charge is 0.153 e. The van der Waals surface area contributed by atoms with Crippen molar-refractivity contribution in [3.63, 3.8) is 0 Å². The van der Waals surface area contributed by atoms with Gasteiger partial charge in [-0.15, -0.1) is 0 Å². The number of pyridine rings is 2. The number of hydrogen-bond acceptors (Lipinski definition) is 6. The van der Waals surface area contributed by atoms with E-state index in [-0.39, 0.29) is 0 Å². The molecule has 1 saturated carbocycles. The van der Waals surface area contributed by atoms with Crippen LogP contribution in [-0.2, 0) is 0 Å². The molecule has 7 nitrogen and oxygen atoms in total. The van der Waals surface area contributed by atoms with Crippen molar-refractivity contribution in [1.82, 2.24) is 20.2 Å². The van der Waals surface area contributed by atoms with Crippen LogP contribution >= 0.6 is 0 Å². The molecule has 3 aromatic heterocycles. The summed E-state index contributed by atoms with van der Waals surface area (Å²) in [6, 6.07) is 8.22. The maximum atomic E-state index is 9.33. The maximum Gasteiger partial charge on any atom is 0.153 e. The highest BCUT2D eigenvalue weighted by Crippen LogP contribution is 2.29. The molecule has 3 aromatic rings. The number of fused-ring (bicyclic) bond motifs is 1. The van der Waals surface area contributed by atoms with Gasteiger partial charge in [-0.2, -0.15) is 5.10 Å². The molecule has 136 valence electrons. The molecule has 4 N–H and O–H groups in total. The molecule has 0 atom stereocenters. The van der Waals surface area contributed by atoms with Crippen LogP contribution in [0.3, 0.4) is 0 Å². The predicted octanol–water partition coefficient (Wildman–Crippen LogP) is 3.37. The molecule has 0 spiro atoms. The first-order chi connectivity index (χ1) is 12.7. The van der Waals surface area contributed by atoms with E-state index in [4.69, 9.17) is 4.98 Å². The van der Waals surface area contributed by atoms with Crippen molar-refractivity contribution in [2.24, 2.45) is 5.92 Å². The lowest BCUT2D eigenvalue weighted by atomic mass is 9.86. The Morgan fingerprint density at radius 3 is 2.77 bits per heavy atom. The van der Waals surface area contributed by atoms with Crippen LogP contribution in [0.5, 0.6) is 0 Å². The van der Waals surface area contributed by atoms with Crippen LogP contribution in [0.15, 0.2) is 30.5 Å². The molecule has 0 saturated heterocycles. The summed E-state index contributed by atoms with van der Waals surface area (Å²) >= 11 is 0. The van der Waals surface area contributed by atoms with Gasteiger partial charge in [-0.1, -0.05) is 0 Å². The molecule has 0 amide bonds. The SMILES string of the molecule is Cc1cc(Nc2cc3ncccc3c(N[C@H]3CC[C@@H](CO)CC3)n2)n[nH]1. The fourth-order valence-corrected chi connectivity index (χ4v) is 3.55. The van der Waals surface area contributed by atoms with Gasteiger partial charge in [-0.3, -0.25) is 10.1 Å². The molecule has 0 unspecified atom stereocenters. The average Bonchev–Trinajstić information content (AvgIpc) is 3.07. The minimum absolute atomic E-state index is 0.292. The minimum Gasteiger partial charge on any atom is -0.396 e. The van der Waals surface area contributed by atoms with Crippen molar-refractivity contribution in [3.05, 3.63) is 36.2 Å². The Labute approximate surface area is 152 Å². The van der Waals surface area contributed by atoms with Crippen molar-refractivity contribution in [1.29, 1.82) is 0 Å². The van der Waals surface area contributed by atoms with Gasteiger partial charge < -0.3 is 15.7 Å². The second-order valence-electron chi connectivity index (χ2n) is 7.03. The predicted molar refractivity (Wildman–Crippen MR) is 103 cm³/mol. The van der Waals surface area contributed by atoms with Gasteiger partial charge in [0, 0.05) is 42.1 Å². The Hall–Kier alpha value is -2.67. The lowest BCUT2D eigenvalue weighted by Crippen LogP contribution is -2.27. The van der Waals surface area contributed by atoms with Crippen molar-refractivity contribution < 1.29 is 5.11 Å². The van der Waals surface area contributed by atoms with E-state index in [1.54, 1.807) is 6.20 Å². The third-order valence-electron chi connectivity index (χ3n) is 5.01. The Morgan fingerprint density at radius 1 is 1.19 bits per heavy atom. The van der Waals surface area contributed by atoms with E-state index in [2.05, 4.69) is 25.8 Å². The summed E-state index contributed by atoms with van der Waals surface area (Å²) in [5.74, 6) is 2.74. The number of aliphatic hydroxyl groups excluding tert-OH is 1. The number of hydrogen-bond donors (Lipinski definition) is 4. The first-order valence-electron chi connectivity index (χ1n) is 9.13. The zero-order valence-electron chi connectivity index (χ0n) is 14.9. The number of nitrogens with zero attached hydrogens (tertiary/aromatic N) is 3. The van der Waals surface area contributed by atoms with Gasteiger partial charge in [0.25, 0.3) is 0 Å². The van der Waals surface area contributed by atoms with Crippen LogP contribution in [-0.4, -0.2) is 37.9 Å². The lowest BCUT2D eigenvalue weighted by molar-refractivity contribution is 0.186. The van der Waals surface area contributed by atoms with Crippen molar-refractivity contribution >= 4 is 28.4 Å². The summed E-state index contributed by atoms with van der Waals surface area (Å²) in [4.78, 5) is 9.26. The number of rotatable bonds is 5. The minimum atomic E-state index is 0.292. The van der Waals surface area contributed by atoms with Crippen molar-refractivity contribution in [3.8, 4) is 0 Å². The van der Waals surface area contributed by atoms with Crippen LogP contribution in [0.2, 0.25) is 0 Å². The highest BCUT2D eigenvalue weighted by molar-refractivity contribution is 5.91. The number of nitrogens with one attached hydrogen (secondary N) is 3. The summed E-state index contributed by atoms with van der Waals surface area (Å²) in [5.41, 5.74) is 1.88. The highest BCUT2D eigenvalue weighted by atomic mass is 16.3. The molecule has 0 bridgehead atoms. The standard InChI is InChI=1S/C19H24N6O/c1-12-9-18(25-24-12)22-17-10-16-15(3-2-8-20-16)19(23-17)21-14-6-4-13(11-26)5-7-14/h2-3,8-10,13-14,26H,4-7,11H2,1H3,(H3,21,22,23,24,25)/t13-,14+.